The number of para-hydroxylation sites is 1. The molecule has 0 bridgehead atoms. The maximum Gasteiger partial charge on any atom is 0.246 e. The first-order valence-corrected chi connectivity index (χ1v) is 9.83. The number of fused-ring (bicyclic) bond motifs is 1. The highest BCUT2D eigenvalue weighted by molar-refractivity contribution is 5.99. The van der Waals surface area contributed by atoms with Crippen LogP contribution >= 0.6 is 0 Å². The van der Waals surface area contributed by atoms with E-state index >= 15 is 0 Å². The first kappa shape index (κ1) is 21.7. The van der Waals surface area contributed by atoms with Gasteiger partial charge in [-0.05, 0) is 36.4 Å². The number of aromatic nitrogens is 1. The third-order valence-corrected chi connectivity index (χ3v) is 4.82. The van der Waals surface area contributed by atoms with E-state index in [-0.39, 0.29) is 18.4 Å². The van der Waals surface area contributed by atoms with Gasteiger partial charge in [-0.25, -0.2) is 0 Å². The number of likely N-dealkylation sites (N-methyl/N-ethyl adjacent to an activating group) is 1. The van der Waals surface area contributed by atoms with Gasteiger partial charge in [0, 0.05) is 48.0 Å². The van der Waals surface area contributed by atoms with Crippen LogP contribution in [0.15, 0.2) is 60.8 Å². The minimum atomic E-state index is -0.289. The Bertz CT molecular complexity index is 1140. The molecule has 0 fully saturated rings. The second-order valence-electron chi connectivity index (χ2n) is 7.01. The van der Waals surface area contributed by atoms with Crippen molar-refractivity contribution in [2.45, 2.75) is 13.0 Å². The van der Waals surface area contributed by atoms with Gasteiger partial charge in [0.05, 0.1) is 26.1 Å². The summed E-state index contributed by atoms with van der Waals surface area (Å²) in [5, 5.41) is 12.6. The maximum absolute atomic E-state index is 12.5. The molecule has 1 N–H and O–H groups in total. The van der Waals surface area contributed by atoms with Crippen LogP contribution in [-0.2, 0) is 16.1 Å². The predicted octanol–water partition coefficient (Wildman–Crippen LogP) is 3.67. The number of nitrogens with one attached hydrogen (secondary N) is 1. The Kier molecular flexibility index (Phi) is 7.07. The lowest BCUT2D eigenvalue weighted by molar-refractivity contribution is -0.129. The highest BCUT2D eigenvalue weighted by atomic mass is 16.5. The van der Waals surface area contributed by atoms with Crippen LogP contribution in [0.5, 0.6) is 5.75 Å². The Labute approximate surface area is 181 Å². The number of ether oxygens (including phenoxy) is 1. The molecule has 0 aliphatic carbocycles. The number of nitriles is 1. The highest BCUT2D eigenvalue weighted by Crippen LogP contribution is 2.23. The SMILES string of the molecule is COc1ccc(NC(=O)CN(C)C(=O)C=Cc2cn(CCC#N)c3ccccc23)cc1. The summed E-state index contributed by atoms with van der Waals surface area (Å²) < 4.78 is 7.10. The van der Waals surface area contributed by atoms with Gasteiger partial charge in [-0.1, -0.05) is 18.2 Å². The molecular formula is C24H24N4O3. The van der Waals surface area contributed by atoms with Crippen molar-refractivity contribution in [2.75, 3.05) is 26.0 Å². The van der Waals surface area contributed by atoms with Crippen LogP contribution < -0.4 is 10.1 Å². The van der Waals surface area contributed by atoms with Crippen LogP contribution in [-0.4, -0.2) is 42.0 Å². The summed E-state index contributed by atoms with van der Waals surface area (Å²) in [6.07, 6.45) is 5.54. The number of aryl methyl sites for hydroxylation is 1. The Morgan fingerprint density at radius 1 is 1.19 bits per heavy atom. The first-order valence-electron chi connectivity index (χ1n) is 9.83. The molecule has 0 spiro atoms. The monoisotopic (exact) mass is 416 g/mol. The minimum Gasteiger partial charge on any atom is -0.497 e. The Balaban J connectivity index is 1.63. The lowest BCUT2D eigenvalue weighted by Gasteiger charge is -2.15. The standard InChI is InChI=1S/C24H24N4O3/c1-27(17-23(29)26-19-9-11-20(31-2)12-10-19)24(30)13-8-18-16-28(15-5-14-25)22-7-4-3-6-21(18)22/h3-4,6-13,16H,5,15,17H2,1-2H3,(H,26,29). The fourth-order valence-electron chi connectivity index (χ4n) is 3.22. The van der Waals surface area contributed by atoms with Gasteiger partial charge in [0.25, 0.3) is 0 Å². The number of benzene rings is 2. The van der Waals surface area contributed by atoms with Gasteiger partial charge in [-0.15, -0.1) is 0 Å². The zero-order chi connectivity index (χ0) is 22.2. The summed E-state index contributed by atoms with van der Waals surface area (Å²) in [7, 11) is 3.15. The molecule has 1 aromatic heterocycles. The molecule has 7 heteroatoms. The summed E-state index contributed by atoms with van der Waals surface area (Å²) in [6, 6.07) is 17.0. The number of hydrogen-bond donors (Lipinski definition) is 1. The maximum atomic E-state index is 12.5. The molecule has 1 heterocycles. The van der Waals surface area contributed by atoms with E-state index in [0.717, 1.165) is 16.5 Å². The quantitative estimate of drug-likeness (QED) is 0.568. The molecule has 2 amide bonds. The third-order valence-electron chi connectivity index (χ3n) is 4.82. The van der Waals surface area contributed by atoms with Crippen molar-refractivity contribution in [2.24, 2.45) is 0 Å². The number of anilines is 1. The number of carbonyl (C=O) groups excluding carboxylic acids is 2. The molecular weight excluding hydrogens is 392 g/mol. The second-order valence-corrected chi connectivity index (χ2v) is 7.01. The predicted molar refractivity (Wildman–Crippen MR) is 120 cm³/mol. The molecule has 0 atom stereocenters. The number of nitrogens with zero attached hydrogens (tertiary/aromatic N) is 3. The molecule has 31 heavy (non-hydrogen) atoms. The van der Waals surface area contributed by atoms with E-state index in [9.17, 15) is 9.59 Å². The van der Waals surface area contributed by atoms with Crippen molar-refractivity contribution >= 4 is 34.5 Å². The normalized spacial score (nSPS) is 10.7. The van der Waals surface area contributed by atoms with E-state index in [1.54, 1.807) is 44.5 Å². The van der Waals surface area contributed by atoms with Crippen molar-refractivity contribution in [3.63, 3.8) is 0 Å². The lowest BCUT2D eigenvalue weighted by Crippen LogP contribution is -2.33. The molecule has 3 aromatic rings. The van der Waals surface area contributed by atoms with Crippen LogP contribution in [0, 0.1) is 11.3 Å². The van der Waals surface area contributed by atoms with Crippen LogP contribution in [0.1, 0.15) is 12.0 Å². The van der Waals surface area contributed by atoms with Crippen molar-refractivity contribution in [1.29, 1.82) is 5.26 Å². The molecule has 0 aliphatic rings. The zero-order valence-corrected chi connectivity index (χ0v) is 17.5. The molecule has 3 rings (SSSR count). The van der Waals surface area contributed by atoms with Crippen molar-refractivity contribution in [3.05, 3.63) is 66.4 Å². The summed E-state index contributed by atoms with van der Waals surface area (Å²) in [5.41, 5.74) is 2.53. The summed E-state index contributed by atoms with van der Waals surface area (Å²) in [4.78, 5) is 26.1. The van der Waals surface area contributed by atoms with E-state index < -0.39 is 0 Å². The Morgan fingerprint density at radius 2 is 1.94 bits per heavy atom. The third kappa shape index (κ3) is 5.52. The molecule has 7 nitrogen and oxygen atoms in total. The molecule has 2 aromatic carbocycles. The first-order chi connectivity index (χ1) is 15.0. The number of methoxy groups -OCH3 is 1. The summed E-state index contributed by atoms with van der Waals surface area (Å²) in [5.74, 6) is 0.130. The zero-order valence-electron chi connectivity index (χ0n) is 17.5. The van der Waals surface area contributed by atoms with E-state index in [1.807, 2.05) is 35.0 Å². The van der Waals surface area contributed by atoms with Crippen molar-refractivity contribution in [1.82, 2.24) is 9.47 Å². The number of rotatable bonds is 8. The van der Waals surface area contributed by atoms with Gasteiger partial charge in [0.15, 0.2) is 0 Å². The summed E-state index contributed by atoms with van der Waals surface area (Å²) >= 11 is 0. The lowest BCUT2D eigenvalue weighted by atomic mass is 10.1. The van der Waals surface area contributed by atoms with Gasteiger partial charge in [-0.2, -0.15) is 5.26 Å². The average molecular weight is 416 g/mol. The van der Waals surface area contributed by atoms with E-state index in [4.69, 9.17) is 10.00 Å². The molecule has 0 aliphatic heterocycles. The van der Waals surface area contributed by atoms with Gasteiger partial charge in [0.1, 0.15) is 5.75 Å². The molecule has 0 saturated carbocycles. The van der Waals surface area contributed by atoms with Crippen LogP contribution in [0.4, 0.5) is 5.69 Å². The smallest absolute Gasteiger partial charge is 0.246 e. The molecule has 0 saturated heterocycles. The van der Waals surface area contributed by atoms with E-state index in [0.29, 0.717) is 24.4 Å². The Morgan fingerprint density at radius 3 is 2.65 bits per heavy atom. The van der Waals surface area contributed by atoms with Gasteiger partial charge in [-0.3, -0.25) is 9.59 Å². The van der Waals surface area contributed by atoms with Crippen LogP contribution in [0.25, 0.3) is 17.0 Å². The highest BCUT2D eigenvalue weighted by Gasteiger charge is 2.12. The average Bonchev–Trinajstić information content (AvgIpc) is 3.14. The topological polar surface area (TPSA) is 87.4 Å². The largest absolute Gasteiger partial charge is 0.497 e. The van der Waals surface area contributed by atoms with Gasteiger partial charge >= 0.3 is 0 Å². The van der Waals surface area contributed by atoms with Gasteiger partial charge in [0.2, 0.25) is 11.8 Å². The second kappa shape index (κ2) is 10.1. The van der Waals surface area contributed by atoms with E-state index in [1.165, 1.54) is 11.0 Å². The van der Waals surface area contributed by atoms with Crippen molar-refractivity contribution < 1.29 is 14.3 Å². The number of carbonyl (C=O) groups is 2. The summed E-state index contributed by atoms with van der Waals surface area (Å²) in [6.45, 7) is 0.517. The van der Waals surface area contributed by atoms with Gasteiger partial charge < -0.3 is 19.5 Å². The molecule has 0 unspecified atom stereocenters. The fourth-order valence-corrected chi connectivity index (χ4v) is 3.22. The van der Waals surface area contributed by atoms with E-state index in [2.05, 4.69) is 11.4 Å². The van der Waals surface area contributed by atoms with Crippen LogP contribution in [0.2, 0.25) is 0 Å². The minimum absolute atomic E-state index is 0.0703. The van der Waals surface area contributed by atoms with Crippen molar-refractivity contribution in [3.8, 4) is 11.8 Å². The van der Waals surface area contributed by atoms with Crippen LogP contribution in [0.3, 0.4) is 0 Å². The number of amides is 2. The number of hydrogen-bond acceptors (Lipinski definition) is 4. The fraction of sp³-hybridized carbons (Fsp3) is 0.208. The molecule has 158 valence electrons. The Hall–Kier alpha value is -4.05. The molecule has 0 radical (unpaired) electrons.